The largest absolute Gasteiger partial charge is 0.324 e. The van der Waals surface area contributed by atoms with Crippen molar-refractivity contribution in [2.75, 3.05) is 13.3 Å². The van der Waals surface area contributed by atoms with E-state index in [1.807, 2.05) is 20.9 Å². The van der Waals surface area contributed by atoms with Gasteiger partial charge in [0, 0.05) is 11.9 Å². The molecule has 2 rings (SSSR count). The summed E-state index contributed by atoms with van der Waals surface area (Å²) in [5.74, 6) is 0.170. The van der Waals surface area contributed by atoms with Gasteiger partial charge in [0.15, 0.2) is 0 Å². The number of amides is 1. The van der Waals surface area contributed by atoms with E-state index in [2.05, 4.69) is 35.8 Å². The Balaban J connectivity index is 2.26. The zero-order valence-electron chi connectivity index (χ0n) is 11.4. The zero-order valence-corrected chi connectivity index (χ0v) is 12.2. The third-order valence-electron chi connectivity index (χ3n) is 3.77. The summed E-state index contributed by atoms with van der Waals surface area (Å²) in [4.78, 5) is 15.3. The molecule has 1 aromatic carbocycles. The van der Waals surface area contributed by atoms with Crippen LogP contribution in [0.2, 0.25) is 0 Å². The summed E-state index contributed by atoms with van der Waals surface area (Å²) >= 11 is 1.72. The SMILES string of the molecule is CCC1(C)NC(c2ccc(SC)cc2)N(C)C1=O. The van der Waals surface area contributed by atoms with Crippen LogP contribution in [-0.2, 0) is 4.79 Å². The zero-order chi connectivity index (χ0) is 13.3. The average Bonchev–Trinajstić information content (AvgIpc) is 2.64. The molecule has 0 aromatic heterocycles. The van der Waals surface area contributed by atoms with Crippen molar-refractivity contribution in [2.45, 2.75) is 36.9 Å². The van der Waals surface area contributed by atoms with Crippen LogP contribution in [0, 0.1) is 0 Å². The van der Waals surface area contributed by atoms with Crippen molar-refractivity contribution in [3.63, 3.8) is 0 Å². The molecule has 0 aliphatic carbocycles. The van der Waals surface area contributed by atoms with Gasteiger partial charge < -0.3 is 4.90 Å². The Labute approximate surface area is 113 Å². The van der Waals surface area contributed by atoms with Crippen molar-refractivity contribution in [3.05, 3.63) is 29.8 Å². The van der Waals surface area contributed by atoms with Gasteiger partial charge in [-0.15, -0.1) is 11.8 Å². The van der Waals surface area contributed by atoms with E-state index < -0.39 is 5.54 Å². The smallest absolute Gasteiger partial charge is 0.243 e. The summed E-state index contributed by atoms with van der Waals surface area (Å²) < 4.78 is 0. The van der Waals surface area contributed by atoms with Gasteiger partial charge in [0.25, 0.3) is 0 Å². The molecule has 1 amide bonds. The molecule has 1 aliphatic heterocycles. The van der Waals surface area contributed by atoms with Crippen molar-refractivity contribution < 1.29 is 4.79 Å². The van der Waals surface area contributed by atoms with Gasteiger partial charge in [0.1, 0.15) is 6.17 Å². The number of nitrogens with one attached hydrogen (secondary N) is 1. The molecule has 1 heterocycles. The maximum absolute atomic E-state index is 12.2. The Morgan fingerprint density at radius 2 is 2.00 bits per heavy atom. The predicted molar refractivity (Wildman–Crippen MR) is 75.6 cm³/mol. The summed E-state index contributed by atoms with van der Waals surface area (Å²) in [5, 5.41) is 3.44. The van der Waals surface area contributed by atoms with Crippen LogP contribution in [-0.4, -0.2) is 29.6 Å². The predicted octanol–water partition coefficient (Wildman–Crippen LogP) is 2.64. The molecular formula is C14H20N2OS. The molecule has 0 saturated carbocycles. The average molecular weight is 264 g/mol. The minimum atomic E-state index is -0.433. The molecule has 18 heavy (non-hydrogen) atoms. The van der Waals surface area contributed by atoms with Gasteiger partial charge in [0.05, 0.1) is 5.54 Å². The molecule has 0 spiro atoms. The normalized spacial score (nSPS) is 27.9. The molecule has 2 unspecified atom stereocenters. The Morgan fingerprint density at radius 3 is 2.44 bits per heavy atom. The van der Waals surface area contributed by atoms with E-state index in [1.54, 1.807) is 16.7 Å². The molecule has 1 fully saturated rings. The first-order valence-electron chi connectivity index (χ1n) is 6.20. The fraction of sp³-hybridized carbons (Fsp3) is 0.500. The first kappa shape index (κ1) is 13.4. The molecule has 3 nitrogen and oxygen atoms in total. The van der Waals surface area contributed by atoms with Gasteiger partial charge in [0.2, 0.25) is 5.91 Å². The van der Waals surface area contributed by atoms with E-state index in [0.717, 1.165) is 12.0 Å². The highest BCUT2D eigenvalue weighted by Gasteiger charge is 2.45. The van der Waals surface area contributed by atoms with Crippen LogP contribution < -0.4 is 5.32 Å². The van der Waals surface area contributed by atoms with Crippen LogP contribution in [0.1, 0.15) is 32.0 Å². The maximum atomic E-state index is 12.2. The lowest BCUT2D eigenvalue weighted by Crippen LogP contribution is -2.42. The van der Waals surface area contributed by atoms with Crippen molar-refractivity contribution in [2.24, 2.45) is 0 Å². The highest BCUT2D eigenvalue weighted by Crippen LogP contribution is 2.31. The summed E-state index contributed by atoms with van der Waals surface area (Å²) in [5.41, 5.74) is 0.707. The summed E-state index contributed by atoms with van der Waals surface area (Å²) in [6.07, 6.45) is 2.85. The fourth-order valence-electron chi connectivity index (χ4n) is 2.31. The third kappa shape index (κ3) is 2.15. The second-order valence-corrected chi connectivity index (χ2v) is 5.80. The van der Waals surface area contributed by atoms with Gasteiger partial charge in [-0.1, -0.05) is 19.1 Å². The third-order valence-corrected chi connectivity index (χ3v) is 4.52. The Hall–Kier alpha value is -1.00. The van der Waals surface area contributed by atoms with Crippen LogP contribution >= 0.6 is 11.8 Å². The molecular weight excluding hydrogens is 244 g/mol. The lowest BCUT2D eigenvalue weighted by molar-refractivity contribution is -0.131. The van der Waals surface area contributed by atoms with Crippen LogP contribution in [0.4, 0.5) is 0 Å². The fourth-order valence-corrected chi connectivity index (χ4v) is 2.72. The van der Waals surface area contributed by atoms with E-state index in [9.17, 15) is 4.79 Å². The highest BCUT2D eigenvalue weighted by atomic mass is 32.2. The molecule has 1 aliphatic rings. The number of carbonyl (C=O) groups is 1. The monoisotopic (exact) mass is 264 g/mol. The summed E-state index contributed by atoms with van der Waals surface area (Å²) in [6, 6.07) is 8.38. The molecule has 1 saturated heterocycles. The van der Waals surface area contributed by atoms with Crippen LogP contribution in [0.15, 0.2) is 29.2 Å². The minimum Gasteiger partial charge on any atom is -0.324 e. The Morgan fingerprint density at radius 1 is 1.39 bits per heavy atom. The second-order valence-electron chi connectivity index (χ2n) is 4.92. The second kappa shape index (κ2) is 4.94. The summed E-state index contributed by atoms with van der Waals surface area (Å²) in [7, 11) is 1.86. The number of hydrogen-bond acceptors (Lipinski definition) is 3. The van der Waals surface area contributed by atoms with Crippen molar-refractivity contribution >= 4 is 17.7 Å². The number of hydrogen-bond donors (Lipinski definition) is 1. The van der Waals surface area contributed by atoms with Gasteiger partial charge in [-0.25, -0.2) is 0 Å². The molecule has 2 atom stereocenters. The maximum Gasteiger partial charge on any atom is 0.243 e. The number of carbonyl (C=O) groups excluding carboxylic acids is 1. The highest BCUT2D eigenvalue weighted by molar-refractivity contribution is 7.98. The van der Waals surface area contributed by atoms with Gasteiger partial charge in [-0.3, -0.25) is 10.1 Å². The standard InChI is InChI=1S/C14H20N2OS/c1-5-14(2)13(17)16(3)12(15-14)10-6-8-11(18-4)9-7-10/h6-9,12,15H,5H2,1-4H3. The first-order chi connectivity index (χ1) is 8.51. The lowest BCUT2D eigenvalue weighted by atomic mass is 9.99. The lowest BCUT2D eigenvalue weighted by Gasteiger charge is -2.20. The molecule has 98 valence electrons. The van der Waals surface area contributed by atoms with Crippen molar-refractivity contribution in [3.8, 4) is 0 Å². The minimum absolute atomic E-state index is 0.0154. The first-order valence-corrected chi connectivity index (χ1v) is 7.43. The van der Waals surface area contributed by atoms with Crippen LogP contribution in [0.25, 0.3) is 0 Å². The quantitative estimate of drug-likeness (QED) is 0.852. The topological polar surface area (TPSA) is 32.3 Å². The molecule has 1 aromatic rings. The van der Waals surface area contributed by atoms with E-state index in [-0.39, 0.29) is 12.1 Å². The van der Waals surface area contributed by atoms with Crippen LogP contribution in [0.5, 0.6) is 0 Å². The Kier molecular flexibility index (Phi) is 3.69. The molecule has 4 heteroatoms. The van der Waals surface area contributed by atoms with E-state index in [1.165, 1.54) is 4.90 Å². The molecule has 1 N–H and O–H groups in total. The van der Waals surface area contributed by atoms with Crippen molar-refractivity contribution in [1.29, 1.82) is 0 Å². The van der Waals surface area contributed by atoms with Crippen LogP contribution in [0.3, 0.4) is 0 Å². The number of thioether (sulfide) groups is 1. The Bertz CT molecular complexity index is 446. The molecule has 0 bridgehead atoms. The number of nitrogens with zero attached hydrogens (tertiary/aromatic N) is 1. The number of rotatable bonds is 3. The van der Waals surface area contributed by atoms with Gasteiger partial charge >= 0.3 is 0 Å². The van der Waals surface area contributed by atoms with Crippen molar-refractivity contribution in [1.82, 2.24) is 10.2 Å². The summed E-state index contributed by atoms with van der Waals surface area (Å²) in [6.45, 7) is 4.01. The molecule has 0 radical (unpaired) electrons. The van der Waals surface area contributed by atoms with Gasteiger partial charge in [-0.05, 0) is 37.3 Å². The van der Waals surface area contributed by atoms with E-state index >= 15 is 0 Å². The number of likely N-dealkylation sites (N-methyl/N-ethyl adjacent to an activating group) is 1. The van der Waals surface area contributed by atoms with Gasteiger partial charge in [-0.2, -0.15) is 0 Å². The van der Waals surface area contributed by atoms with E-state index in [0.29, 0.717) is 0 Å². The number of benzene rings is 1. The van der Waals surface area contributed by atoms with E-state index in [4.69, 9.17) is 0 Å².